The number of benzene rings is 5. The average molecular weight is 832 g/mol. The maximum Gasteiger partial charge on any atom is 0.196 e. The molecule has 0 saturated heterocycles. The molecule has 0 aromatic heterocycles. The Morgan fingerprint density at radius 1 is 0.578 bits per heavy atom. The first-order valence-corrected chi connectivity index (χ1v) is 16.7. The molecule has 0 N–H and O–H groups in total. The summed E-state index contributed by atoms with van der Waals surface area (Å²) in [5.74, 6) is 3.80. The molecule has 0 aliphatic carbocycles. The van der Waals surface area contributed by atoms with Crippen LogP contribution in [0.25, 0.3) is 21.5 Å². The van der Waals surface area contributed by atoms with Gasteiger partial charge in [-0.3, -0.25) is 0 Å². The lowest BCUT2D eigenvalue weighted by molar-refractivity contribution is -0.0394. The summed E-state index contributed by atoms with van der Waals surface area (Å²) in [6.45, 7) is 5.64. The average Bonchev–Trinajstić information content (AvgIpc) is 3.04. The third-order valence-electron chi connectivity index (χ3n) is 8.02. The van der Waals surface area contributed by atoms with E-state index in [-0.39, 0.29) is 24.8 Å². The van der Waals surface area contributed by atoms with Gasteiger partial charge in [0.15, 0.2) is 18.9 Å². The van der Waals surface area contributed by atoms with Gasteiger partial charge < -0.3 is 33.2 Å². The van der Waals surface area contributed by atoms with Crippen LogP contribution in [0.3, 0.4) is 0 Å². The first-order valence-electron chi connectivity index (χ1n) is 14.6. The first kappa shape index (κ1) is 32.1. The second-order valence-electron chi connectivity index (χ2n) is 10.8. The lowest BCUT2D eigenvalue weighted by Gasteiger charge is -2.32. The zero-order chi connectivity index (χ0) is 31.8. The number of hydrogen-bond acceptors (Lipinski definition) is 7. The van der Waals surface area contributed by atoms with Gasteiger partial charge in [-0.25, -0.2) is 0 Å². The summed E-state index contributed by atoms with van der Waals surface area (Å²) in [6.07, 6.45) is -1.09. The van der Waals surface area contributed by atoms with Crippen molar-refractivity contribution in [3.63, 3.8) is 0 Å². The highest BCUT2D eigenvalue weighted by Crippen LogP contribution is 2.53. The highest BCUT2D eigenvalue weighted by Gasteiger charge is 2.33. The van der Waals surface area contributed by atoms with Gasteiger partial charge in [-0.15, -0.1) is 0 Å². The summed E-state index contributed by atoms with van der Waals surface area (Å²) < 4.78 is 42.8. The Hall–Kier alpha value is -2.84. The number of rotatable bonds is 10. The largest absolute Gasteiger partial charge is 0.465 e. The lowest BCUT2D eigenvalue weighted by Crippen LogP contribution is -2.17. The summed E-state index contributed by atoms with van der Waals surface area (Å²) in [6, 6.07) is 25.0. The van der Waals surface area contributed by atoms with Crippen LogP contribution in [0.5, 0.6) is 28.7 Å². The third-order valence-corrected chi connectivity index (χ3v) is 9.62. The van der Waals surface area contributed by atoms with Crippen LogP contribution in [0, 0.1) is 7.14 Å². The Labute approximate surface area is 290 Å². The molecule has 0 bridgehead atoms. The van der Waals surface area contributed by atoms with Gasteiger partial charge >= 0.3 is 0 Å². The summed E-state index contributed by atoms with van der Waals surface area (Å²) in [5, 5.41) is 4.28. The van der Waals surface area contributed by atoms with E-state index in [0.29, 0.717) is 0 Å². The van der Waals surface area contributed by atoms with Crippen LogP contribution in [-0.2, 0) is 14.2 Å². The van der Waals surface area contributed by atoms with Crippen LogP contribution in [0.4, 0.5) is 0 Å². The van der Waals surface area contributed by atoms with E-state index >= 15 is 0 Å². The number of methoxy groups -OCH3 is 3. The highest BCUT2D eigenvalue weighted by molar-refractivity contribution is 14.1. The van der Waals surface area contributed by atoms with Crippen molar-refractivity contribution in [3.05, 3.63) is 96.6 Å². The molecule has 3 atom stereocenters. The van der Waals surface area contributed by atoms with Crippen LogP contribution >= 0.6 is 45.2 Å². The molecule has 0 amide bonds. The smallest absolute Gasteiger partial charge is 0.196 e. The van der Waals surface area contributed by atoms with Crippen LogP contribution < -0.4 is 18.9 Å². The molecule has 0 saturated carbocycles. The molecule has 45 heavy (non-hydrogen) atoms. The monoisotopic (exact) mass is 832 g/mol. The van der Waals surface area contributed by atoms with Crippen molar-refractivity contribution >= 4 is 66.7 Å². The predicted octanol–water partition coefficient (Wildman–Crippen LogP) is 9.60. The predicted molar refractivity (Wildman–Crippen MR) is 192 cm³/mol. The van der Waals surface area contributed by atoms with Gasteiger partial charge in [0, 0.05) is 38.4 Å². The van der Waals surface area contributed by atoms with Gasteiger partial charge in [0.2, 0.25) is 0 Å². The van der Waals surface area contributed by atoms with Gasteiger partial charge in [0.1, 0.15) is 28.7 Å². The molecule has 0 fully saturated rings. The molecule has 1 aliphatic rings. The molecule has 3 unspecified atom stereocenters. The van der Waals surface area contributed by atoms with Crippen LogP contribution in [0.1, 0.15) is 43.4 Å². The van der Waals surface area contributed by atoms with Crippen LogP contribution in [0.15, 0.2) is 72.8 Å². The van der Waals surface area contributed by atoms with Gasteiger partial charge in [-0.1, -0.05) is 24.3 Å². The van der Waals surface area contributed by atoms with Crippen LogP contribution in [-0.4, -0.2) is 40.2 Å². The number of ether oxygens (including phenoxy) is 7. The molecule has 1 aliphatic heterocycles. The lowest BCUT2D eigenvalue weighted by atomic mass is 9.78. The normalized spacial score (nSPS) is 16.0. The molecule has 0 radical (unpaired) electrons. The fourth-order valence-corrected chi connectivity index (χ4v) is 7.76. The fraction of sp³-hybridized carbons (Fsp3) is 0.278. The summed E-state index contributed by atoms with van der Waals surface area (Å²) >= 11 is 4.71. The van der Waals surface area contributed by atoms with E-state index in [1.807, 2.05) is 32.9 Å². The van der Waals surface area contributed by atoms with Crippen molar-refractivity contribution in [2.45, 2.75) is 45.6 Å². The minimum Gasteiger partial charge on any atom is -0.465 e. The molecule has 234 valence electrons. The van der Waals surface area contributed by atoms with Crippen molar-refractivity contribution < 1.29 is 33.2 Å². The molecule has 1 heterocycles. The first-order chi connectivity index (χ1) is 21.7. The van der Waals surface area contributed by atoms with Crippen molar-refractivity contribution in [3.8, 4) is 28.7 Å². The standard InChI is InChI=1S/C36H34I2O7/c1-19(39-4)42-25-9-11-27-22(15-25)7-13-31-34(27)33(24-17-29(37)36(30(38)18-24)44-21(3)41-6)35-28-12-10-26(43-20(2)40-5)16-23(28)8-14-32(35)45-31/h7-21,33H,1-6H3. The molecule has 0 spiro atoms. The molecule has 9 heteroatoms. The minimum atomic E-state index is -0.371. The fourth-order valence-electron chi connectivity index (χ4n) is 5.69. The minimum absolute atomic E-state index is 0.138. The SMILES string of the molecule is COC(C)Oc1ccc2c3c(ccc2c1)Oc1ccc2cc(OC(C)OC)ccc2c1C3c1cc(I)c(OC(C)OC)c(I)c1. The Balaban J connectivity index is 1.58. The zero-order valence-corrected chi connectivity index (χ0v) is 30.2. The Bertz CT molecular complexity index is 1750. The van der Waals surface area contributed by atoms with Crippen molar-refractivity contribution in [1.29, 1.82) is 0 Å². The highest BCUT2D eigenvalue weighted by atomic mass is 127. The molecule has 6 rings (SSSR count). The van der Waals surface area contributed by atoms with Gasteiger partial charge in [-0.2, -0.15) is 0 Å². The van der Waals surface area contributed by atoms with Gasteiger partial charge in [0.25, 0.3) is 0 Å². The van der Waals surface area contributed by atoms with E-state index in [4.69, 9.17) is 33.2 Å². The topological polar surface area (TPSA) is 64.6 Å². The molecule has 5 aromatic carbocycles. The third kappa shape index (κ3) is 6.42. The summed E-state index contributed by atoms with van der Waals surface area (Å²) in [7, 11) is 4.91. The van der Waals surface area contributed by atoms with Crippen LogP contribution in [0.2, 0.25) is 0 Å². The molecular weight excluding hydrogens is 798 g/mol. The Kier molecular flexibility index (Phi) is 9.62. The maximum absolute atomic E-state index is 6.67. The second kappa shape index (κ2) is 13.5. The maximum atomic E-state index is 6.67. The molecular formula is C36H34I2O7. The van der Waals surface area contributed by atoms with E-state index in [0.717, 1.165) is 74.1 Å². The zero-order valence-electron chi connectivity index (χ0n) is 25.9. The number of hydrogen-bond donors (Lipinski definition) is 0. The van der Waals surface area contributed by atoms with E-state index in [1.54, 1.807) is 21.3 Å². The van der Waals surface area contributed by atoms with E-state index in [1.165, 1.54) is 0 Å². The number of halogens is 2. The van der Waals surface area contributed by atoms with E-state index in [9.17, 15) is 0 Å². The summed E-state index contributed by atoms with van der Waals surface area (Å²) in [4.78, 5) is 0. The quantitative estimate of drug-likeness (QED) is 0.101. The Morgan fingerprint density at radius 3 is 1.47 bits per heavy atom. The molecule has 7 nitrogen and oxygen atoms in total. The summed E-state index contributed by atoms with van der Waals surface area (Å²) in [5.41, 5.74) is 3.32. The van der Waals surface area contributed by atoms with Crippen molar-refractivity contribution in [1.82, 2.24) is 0 Å². The number of fused-ring (bicyclic) bond motifs is 6. The van der Waals surface area contributed by atoms with Crippen molar-refractivity contribution in [2.75, 3.05) is 21.3 Å². The Morgan fingerprint density at radius 2 is 1.02 bits per heavy atom. The van der Waals surface area contributed by atoms with Gasteiger partial charge in [0.05, 0.1) is 7.14 Å². The van der Waals surface area contributed by atoms with E-state index < -0.39 is 0 Å². The van der Waals surface area contributed by atoms with Gasteiger partial charge in [-0.05, 0) is 142 Å². The second-order valence-corrected chi connectivity index (χ2v) is 13.2. The van der Waals surface area contributed by atoms with Crippen molar-refractivity contribution in [2.24, 2.45) is 0 Å². The van der Waals surface area contributed by atoms with E-state index in [2.05, 4.69) is 106 Å². The molecule has 5 aromatic rings.